The van der Waals surface area contributed by atoms with E-state index >= 15 is 0 Å². The second-order valence-electron chi connectivity index (χ2n) is 4.58. The van der Waals surface area contributed by atoms with Gasteiger partial charge in [-0.15, -0.1) is 0 Å². The maximum absolute atomic E-state index is 12.1. The largest absolute Gasteiger partial charge is 0.465 e. The third kappa shape index (κ3) is 3.67. The van der Waals surface area contributed by atoms with Gasteiger partial charge in [0.05, 0.1) is 6.61 Å². The number of benzene rings is 1. The second-order valence-corrected chi connectivity index (χ2v) is 5.49. The minimum Gasteiger partial charge on any atom is -0.465 e. The number of ketones is 1. The first-order valence-corrected chi connectivity index (χ1v) is 6.62. The number of hydrogen-bond acceptors (Lipinski definition) is 3. The normalized spacial score (nSPS) is 11.1. The summed E-state index contributed by atoms with van der Waals surface area (Å²) in [5.41, 5.74) is -0.218. The van der Waals surface area contributed by atoms with Crippen LogP contribution in [0.15, 0.2) is 28.7 Å². The van der Waals surface area contributed by atoms with E-state index in [-0.39, 0.29) is 18.8 Å². The highest BCUT2D eigenvalue weighted by Crippen LogP contribution is 2.22. The molecule has 1 rings (SSSR count). The first-order valence-electron chi connectivity index (χ1n) is 5.83. The van der Waals surface area contributed by atoms with E-state index in [0.717, 1.165) is 10.0 Å². The Hall–Kier alpha value is -1.16. The standard InChI is InChI=1S/C14H17BrO3/c1-4-18-13(17)14(2,3)12(16)9-10-6-5-7-11(15)8-10/h5-8H,4,9H2,1-3H3. The lowest BCUT2D eigenvalue weighted by molar-refractivity contribution is -0.157. The highest BCUT2D eigenvalue weighted by atomic mass is 79.9. The SMILES string of the molecule is CCOC(=O)C(C)(C)C(=O)Cc1cccc(Br)c1. The summed E-state index contributed by atoms with van der Waals surface area (Å²) in [6.07, 6.45) is 0.227. The summed E-state index contributed by atoms with van der Waals surface area (Å²) < 4.78 is 5.84. The average Bonchev–Trinajstić information content (AvgIpc) is 2.29. The van der Waals surface area contributed by atoms with Crippen molar-refractivity contribution in [1.29, 1.82) is 0 Å². The molecule has 0 aliphatic rings. The van der Waals surface area contributed by atoms with Gasteiger partial charge in [0.2, 0.25) is 0 Å². The molecule has 4 heteroatoms. The Morgan fingerprint density at radius 1 is 1.33 bits per heavy atom. The van der Waals surface area contributed by atoms with Crippen LogP contribution in [0.5, 0.6) is 0 Å². The second kappa shape index (κ2) is 6.14. The van der Waals surface area contributed by atoms with Gasteiger partial charge in [0.25, 0.3) is 0 Å². The molecule has 0 N–H and O–H groups in total. The van der Waals surface area contributed by atoms with Gasteiger partial charge in [-0.1, -0.05) is 28.1 Å². The van der Waals surface area contributed by atoms with Crippen molar-refractivity contribution in [2.45, 2.75) is 27.2 Å². The fourth-order valence-corrected chi connectivity index (χ4v) is 1.93. The zero-order valence-electron chi connectivity index (χ0n) is 10.8. The number of hydrogen-bond donors (Lipinski definition) is 0. The van der Waals surface area contributed by atoms with Gasteiger partial charge >= 0.3 is 5.97 Å². The molecule has 0 aliphatic heterocycles. The monoisotopic (exact) mass is 312 g/mol. The van der Waals surface area contributed by atoms with Crippen molar-refractivity contribution in [1.82, 2.24) is 0 Å². The fourth-order valence-electron chi connectivity index (χ4n) is 1.48. The topological polar surface area (TPSA) is 43.4 Å². The molecule has 0 heterocycles. The predicted molar refractivity (Wildman–Crippen MR) is 73.3 cm³/mol. The van der Waals surface area contributed by atoms with Gasteiger partial charge in [0, 0.05) is 10.9 Å². The maximum atomic E-state index is 12.1. The highest BCUT2D eigenvalue weighted by Gasteiger charge is 2.36. The molecule has 0 spiro atoms. The third-order valence-electron chi connectivity index (χ3n) is 2.74. The van der Waals surface area contributed by atoms with Gasteiger partial charge < -0.3 is 4.74 Å². The molecule has 0 saturated heterocycles. The Morgan fingerprint density at radius 3 is 2.56 bits per heavy atom. The molecule has 0 aromatic heterocycles. The number of halogens is 1. The van der Waals surface area contributed by atoms with Gasteiger partial charge in [-0.2, -0.15) is 0 Å². The zero-order valence-corrected chi connectivity index (χ0v) is 12.4. The lowest BCUT2D eigenvalue weighted by Crippen LogP contribution is -2.36. The molecular weight excluding hydrogens is 296 g/mol. The van der Waals surface area contributed by atoms with Gasteiger partial charge in [-0.25, -0.2) is 0 Å². The Morgan fingerprint density at radius 2 is 2.00 bits per heavy atom. The molecule has 0 bridgehead atoms. The Bertz CT molecular complexity index is 452. The molecule has 0 fully saturated rings. The van der Waals surface area contributed by atoms with Crippen LogP contribution < -0.4 is 0 Å². The average molecular weight is 313 g/mol. The van der Waals surface area contributed by atoms with Crippen LogP contribution in [0.3, 0.4) is 0 Å². The first-order chi connectivity index (χ1) is 8.37. The molecule has 1 aromatic carbocycles. The van der Waals surface area contributed by atoms with Crippen LogP contribution >= 0.6 is 15.9 Å². The first kappa shape index (κ1) is 14.9. The summed E-state index contributed by atoms with van der Waals surface area (Å²) in [5, 5.41) is 0. The summed E-state index contributed by atoms with van der Waals surface area (Å²) >= 11 is 3.35. The van der Waals surface area contributed by atoms with Crippen LogP contribution in [-0.2, 0) is 20.7 Å². The number of carbonyl (C=O) groups excluding carboxylic acids is 2. The van der Waals surface area contributed by atoms with Crippen molar-refractivity contribution in [2.24, 2.45) is 5.41 Å². The summed E-state index contributed by atoms with van der Waals surface area (Å²) in [5.74, 6) is -0.607. The van der Waals surface area contributed by atoms with Crippen LogP contribution in [0, 0.1) is 5.41 Å². The smallest absolute Gasteiger partial charge is 0.319 e. The van der Waals surface area contributed by atoms with Crippen LogP contribution in [0.4, 0.5) is 0 Å². The van der Waals surface area contributed by atoms with Crippen LogP contribution in [0.2, 0.25) is 0 Å². The summed E-state index contributed by atoms with van der Waals surface area (Å²) in [7, 11) is 0. The fraction of sp³-hybridized carbons (Fsp3) is 0.429. The maximum Gasteiger partial charge on any atom is 0.319 e. The molecule has 3 nitrogen and oxygen atoms in total. The van der Waals surface area contributed by atoms with Gasteiger partial charge in [0.15, 0.2) is 5.78 Å². The minimum absolute atomic E-state index is 0.140. The molecular formula is C14H17BrO3. The van der Waals surface area contributed by atoms with Gasteiger partial charge in [-0.3, -0.25) is 9.59 Å². The van der Waals surface area contributed by atoms with Crippen molar-refractivity contribution in [3.63, 3.8) is 0 Å². The third-order valence-corrected chi connectivity index (χ3v) is 3.23. The molecule has 0 atom stereocenters. The lowest BCUT2D eigenvalue weighted by Gasteiger charge is -2.20. The van der Waals surface area contributed by atoms with Crippen molar-refractivity contribution in [3.05, 3.63) is 34.3 Å². The highest BCUT2D eigenvalue weighted by molar-refractivity contribution is 9.10. The van der Waals surface area contributed by atoms with E-state index in [9.17, 15) is 9.59 Å². The minimum atomic E-state index is -1.10. The molecule has 98 valence electrons. The molecule has 0 saturated carbocycles. The van der Waals surface area contributed by atoms with Crippen LogP contribution in [0.25, 0.3) is 0 Å². The van der Waals surface area contributed by atoms with E-state index in [1.54, 1.807) is 20.8 Å². The number of esters is 1. The molecule has 18 heavy (non-hydrogen) atoms. The molecule has 1 aromatic rings. The van der Waals surface area contributed by atoms with E-state index in [1.165, 1.54) is 0 Å². The van der Waals surface area contributed by atoms with Crippen molar-refractivity contribution in [2.75, 3.05) is 6.61 Å². The number of rotatable bonds is 5. The molecule has 0 unspecified atom stereocenters. The number of ether oxygens (including phenoxy) is 1. The summed E-state index contributed by atoms with van der Waals surface area (Å²) in [6, 6.07) is 7.50. The van der Waals surface area contributed by atoms with E-state index in [0.29, 0.717) is 0 Å². The van der Waals surface area contributed by atoms with E-state index in [2.05, 4.69) is 15.9 Å². The van der Waals surface area contributed by atoms with Crippen LogP contribution in [-0.4, -0.2) is 18.4 Å². The molecule has 0 aliphatic carbocycles. The molecule has 0 amide bonds. The Labute approximate surface area is 116 Å². The van der Waals surface area contributed by atoms with E-state index < -0.39 is 11.4 Å². The lowest BCUT2D eigenvalue weighted by atomic mass is 9.85. The Balaban J connectivity index is 2.79. The number of carbonyl (C=O) groups is 2. The van der Waals surface area contributed by atoms with Gasteiger partial charge in [-0.05, 0) is 38.5 Å². The van der Waals surface area contributed by atoms with Crippen molar-refractivity contribution in [3.8, 4) is 0 Å². The quantitative estimate of drug-likeness (QED) is 0.619. The summed E-state index contributed by atoms with van der Waals surface area (Å²) in [6.45, 7) is 5.22. The van der Waals surface area contributed by atoms with E-state index in [1.807, 2.05) is 24.3 Å². The predicted octanol–water partition coefficient (Wildman–Crippen LogP) is 3.15. The zero-order chi connectivity index (χ0) is 13.8. The molecule has 0 radical (unpaired) electrons. The summed E-state index contributed by atoms with van der Waals surface area (Å²) in [4.78, 5) is 23.9. The van der Waals surface area contributed by atoms with E-state index in [4.69, 9.17) is 4.74 Å². The van der Waals surface area contributed by atoms with Crippen molar-refractivity contribution < 1.29 is 14.3 Å². The van der Waals surface area contributed by atoms with Crippen molar-refractivity contribution >= 4 is 27.7 Å². The van der Waals surface area contributed by atoms with Crippen LogP contribution in [0.1, 0.15) is 26.3 Å². The Kier molecular flexibility index (Phi) is 5.08. The van der Waals surface area contributed by atoms with Gasteiger partial charge in [0.1, 0.15) is 5.41 Å². The number of Topliss-reactive ketones (excluding diaryl/α,β-unsaturated/α-hetero) is 1.